The zero-order chi connectivity index (χ0) is 18.8. The van der Waals surface area contributed by atoms with Crippen LogP contribution in [0.2, 0.25) is 0 Å². The lowest BCUT2D eigenvalue weighted by molar-refractivity contribution is 0.178. The Morgan fingerprint density at radius 2 is 1.72 bits per heavy atom. The minimum atomic E-state index is -0.751. The highest BCUT2D eigenvalue weighted by Crippen LogP contribution is 2.13. The van der Waals surface area contributed by atoms with E-state index in [0.29, 0.717) is 23.6 Å². The molecule has 3 N–H and O–H groups in total. The van der Waals surface area contributed by atoms with Crippen LogP contribution in [0.4, 0.5) is 4.39 Å². The first kappa shape index (κ1) is 21.4. The molecule has 6 heteroatoms. The molecule has 0 spiro atoms. The Balaban J connectivity index is 2.57. The van der Waals surface area contributed by atoms with Gasteiger partial charge < -0.3 is 15.7 Å². The first-order valence-corrected chi connectivity index (χ1v) is 9.06. The first-order valence-electron chi connectivity index (χ1n) is 9.06. The Labute approximate surface area is 151 Å². The predicted molar refractivity (Wildman–Crippen MR) is 102 cm³/mol. The largest absolute Gasteiger partial charge is 0.386 e. The summed E-state index contributed by atoms with van der Waals surface area (Å²) in [7, 11) is 0. The van der Waals surface area contributed by atoms with E-state index < -0.39 is 6.10 Å². The number of guanidine groups is 1. The van der Waals surface area contributed by atoms with E-state index in [1.807, 2.05) is 6.92 Å². The van der Waals surface area contributed by atoms with E-state index in [1.165, 1.54) is 12.1 Å². The molecule has 0 aliphatic heterocycles. The van der Waals surface area contributed by atoms with Crippen LogP contribution in [0.25, 0.3) is 0 Å². The molecule has 1 unspecified atom stereocenters. The van der Waals surface area contributed by atoms with Crippen LogP contribution in [0.3, 0.4) is 0 Å². The molecule has 0 aliphatic carbocycles. The molecular formula is C19H33FN4O. The normalized spacial score (nSPS) is 13.6. The maximum absolute atomic E-state index is 12.9. The van der Waals surface area contributed by atoms with Crippen LogP contribution in [-0.4, -0.2) is 54.2 Å². The van der Waals surface area contributed by atoms with Crippen molar-refractivity contribution in [1.29, 1.82) is 0 Å². The summed E-state index contributed by atoms with van der Waals surface area (Å²) in [5.41, 5.74) is 0.659. The number of rotatable bonds is 9. The van der Waals surface area contributed by atoms with Gasteiger partial charge in [0.05, 0.1) is 12.6 Å². The Bertz CT molecular complexity index is 509. The lowest BCUT2D eigenvalue weighted by Gasteiger charge is -2.30. The van der Waals surface area contributed by atoms with Crippen molar-refractivity contribution in [1.82, 2.24) is 15.5 Å². The fourth-order valence-corrected chi connectivity index (χ4v) is 2.73. The van der Waals surface area contributed by atoms with Crippen LogP contribution in [0.5, 0.6) is 0 Å². The van der Waals surface area contributed by atoms with E-state index in [9.17, 15) is 9.50 Å². The number of nitrogens with zero attached hydrogens (tertiary/aromatic N) is 2. The van der Waals surface area contributed by atoms with E-state index in [4.69, 9.17) is 0 Å². The summed E-state index contributed by atoms with van der Waals surface area (Å²) in [4.78, 5) is 6.84. The molecular weight excluding hydrogens is 319 g/mol. The summed E-state index contributed by atoms with van der Waals surface area (Å²) < 4.78 is 12.9. The molecule has 25 heavy (non-hydrogen) atoms. The second-order valence-corrected chi connectivity index (χ2v) is 6.64. The minimum absolute atomic E-state index is 0.221. The molecule has 1 aromatic carbocycles. The number of nitrogens with one attached hydrogen (secondary N) is 2. The van der Waals surface area contributed by atoms with Gasteiger partial charge in [0.1, 0.15) is 5.82 Å². The number of hydrogen-bond acceptors (Lipinski definition) is 3. The maximum Gasteiger partial charge on any atom is 0.191 e. The van der Waals surface area contributed by atoms with Gasteiger partial charge in [0, 0.05) is 31.7 Å². The minimum Gasteiger partial charge on any atom is -0.386 e. The van der Waals surface area contributed by atoms with Crippen molar-refractivity contribution in [2.45, 2.75) is 52.8 Å². The van der Waals surface area contributed by atoms with Gasteiger partial charge in [-0.05, 0) is 52.3 Å². The van der Waals surface area contributed by atoms with E-state index >= 15 is 0 Å². The smallest absolute Gasteiger partial charge is 0.191 e. The highest BCUT2D eigenvalue weighted by Gasteiger charge is 2.13. The lowest BCUT2D eigenvalue weighted by atomic mass is 10.1. The van der Waals surface area contributed by atoms with E-state index in [1.54, 1.807) is 12.1 Å². The van der Waals surface area contributed by atoms with Crippen LogP contribution in [-0.2, 0) is 0 Å². The Hall–Kier alpha value is -1.66. The molecule has 0 fully saturated rings. The van der Waals surface area contributed by atoms with Crippen LogP contribution in [0.1, 0.15) is 46.3 Å². The molecule has 0 aliphatic rings. The van der Waals surface area contributed by atoms with Gasteiger partial charge in [-0.2, -0.15) is 0 Å². The molecule has 0 radical (unpaired) electrons. The van der Waals surface area contributed by atoms with Crippen molar-refractivity contribution >= 4 is 5.96 Å². The second-order valence-electron chi connectivity index (χ2n) is 6.64. The van der Waals surface area contributed by atoms with E-state index in [-0.39, 0.29) is 12.4 Å². The zero-order valence-electron chi connectivity index (χ0n) is 16.1. The Morgan fingerprint density at radius 1 is 1.12 bits per heavy atom. The maximum atomic E-state index is 12.9. The highest BCUT2D eigenvalue weighted by atomic mass is 19.1. The fourth-order valence-electron chi connectivity index (χ4n) is 2.73. The van der Waals surface area contributed by atoms with Crippen molar-refractivity contribution in [2.24, 2.45) is 4.99 Å². The quantitative estimate of drug-likeness (QED) is 0.472. The number of benzene rings is 1. The highest BCUT2D eigenvalue weighted by molar-refractivity contribution is 5.79. The molecule has 1 atom stereocenters. The van der Waals surface area contributed by atoms with Crippen molar-refractivity contribution in [3.8, 4) is 0 Å². The van der Waals surface area contributed by atoms with Gasteiger partial charge in [0.25, 0.3) is 0 Å². The van der Waals surface area contributed by atoms with Crippen molar-refractivity contribution in [3.05, 3.63) is 35.6 Å². The number of aliphatic imine (C=N–C) groups is 1. The molecule has 1 rings (SSSR count). The summed E-state index contributed by atoms with van der Waals surface area (Å²) in [6.45, 7) is 13.4. The van der Waals surface area contributed by atoms with Crippen molar-refractivity contribution < 1.29 is 9.50 Å². The standard InChI is InChI=1S/C19H33FN4O/c1-6-21-19(22-11-12-24(14(2)3)15(4)5)23-13-18(25)16-7-9-17(20)10-8-16/h7-10,14-15,18,25H,6,11-13H2,1-5H3,(H2,21,22,23). The lowest BCUT2D eigenvalue weighted by Crippen LogP contribution is -2.45. The average molecular weight is 352 g/mol. The van der Waals surface area contributed by atoms with Crippen LogP contribution >= 0.6 is 0 Å². The van der Waals surface area contributed by atoms with Gasteiger partial charge in [-0.15, -0.1) is 0 Å². The molecule has 0 amide bonds. The number of aliphatic hydroxyl groups is 1. The molecule has 1 aromatic rings. The van der Waals surface area contributed by atoms with Gasteiger partial charge in [-0.1, -0.05) is 12.1 Å². The molecule has 0 saturated heterocycles. The summed E-state index contributed by atoms with van der Waals surface area (Å²) in [5.74, 6) is 0.366. The third-order valence-corrected chi connectivity index (χ3v) is 4.01. The third kappa shape index (κ3) is 7.84. The second kappa shape index (κ2) is 11.1. The molecule has 0 heterocycles. The van der Waals surface area contributed by atoms with Crippen LogP contribution in [0, 0.1) is 5.82 Å². The zero-order valence-corrected chi connectivity index (χ0v) is 16.1. The van der Waals surface area contributed by atoms with Crippen LogP contribution in [0.15, 0.2) is 29.3 Å². The van der Waals surface area contributed by atoms with E-state index in [0.717, 1.165) is 19.6 Å². The fraction of sp³-hybridized carbons (Fsp3) is 0.632. The molecule has 0 bridgehead atoms. The molecule has 0 saturated carbocycles. The predicted octanol–water partition coefficient (Wildman–Crippen LogP) is 2.53. The molecule has 5 nitrogen and oxygen atoms in total. The van der Waals surface area contributed by atoms with E-state index in [2.05, 4.69) is 48.2 Å². The average Bonchev–Trinajstić information content (AvgIpc) is 2.56. The Morgan fingerprint density at radius 3 is 2.24 bits per heavy atom. The van der Waals surface area contributed by atoms with Crippen molar-refractivity contribution in [3.63, 3.8) is 0 Å². The van der Waals surface area contributed by atoms with Crippen molar-refractivity contribution in [2.75, 3.05) is 26.2 Å². The SMILES string of the molecule is CCNC(=NCC(O)c1ccc(F)cc1)NCCN(C(C)C)C(C)C. The molecule has 0 aromatic heterocycles. The van der Waals surface area contributed by atoms with Gasteiger partial charge >= 0.3 is 0 Å². The molecule has 142 valence electrons. The number of halogens is 1. The number of aliphatic hydroxyl groups excluding tert-OH is 1. The monoisotopic (exact) mass is 352 g/mol. The summed E-state index contributed by atoms with van der Waals surface area (Å²) >= 11 is 0. The summed E-state index contributed by atoms with van der Waals surface area (Å²) in [5, 5.41) is 16.7. The van der Waals surface area contributed by atoms with Crippen LogP contribution < -0.4 is 10.6 Å². The van der Waals surface area contributed by atoms with Gasteiger partial charge in [-0.25, -0.2) is 4.39 Å². The third-order valence-electron chi connectivity index (χ3n) is 4.01. The Kier molecular flexibility index (Phi) is 9.45. The number of hydrogen-bond donors (Lipinski definition) is 3. The van der Waals surface area contributed by atoms with Gasteiger partial charge in [0.15, 0.2) is 5.96 Å². The first-order chi connectivity index (χ1) is 11.8. The topological polar surface area (TPSA) is 59.9 Å². The van der Waals surface area contributed by atoms with Gasteiger partial charge in [-0.3, -0.25) is 9.89 Å². The summed E-state index contributed by atoms with van der Waals surface area (Å²) in [6, 6.07) is 6.83. The van der Waals surface area contributed by atoms with Gasteiger partial charge in [0.2, 0.25) is 0 Å². The summed E-state index contributed by atoms with van der Waals surface area (Å²) in [6.07, 6.45) is -0.751.